The Bertz CT molecular complexity index is 511. The van der Waals surface area contributed by atoms with E-state index >= 15 is 0 Å². The Hall–Kier alpha value is -0.840. The Labute approximate surface area is 120 Å². The first-order valence-electron chi connectivity index (χ1n) is 5.77. The van der Waals surface area contributed by atoms with E-state index in [-0.39, 0.29) is 6.04 Å². The summed E-state index contributed by atoms with van der Waals surface area (Å²) in [5.74, 6) is 0. The summed E-state index contributed by atoms with van der Waals surface area (Å²) in [6.45, 7) is 2.00. The van der Waals surface area contributed by atoms with Crippen molar-refractivity contribution in [1.82, 2.24) is 4.98 Å². The molecule has 2 N–H and O–H groups in total. The molecule has 94 valence electrons. The van der Waals surface area contributed by atoms with Gasteiger partial charge in [0.2, 0.25) is 0 Å². The van der Waals surface area contributed by atoms with E-state index in [1.165, 1.54) is 10.5 Å². The number of hydrogen-bond acceptors (Lipinski definition) is 3. The molecule has 0 spiro atoms. The second-order valence-electron chi connectivity index (χ2n) is 4.25. The molecule has 2 rings (SSSR count). The summed E-state index contributed by atoms with van der Waals surface area (Å²) < 4.78 is 1.08. The monoisotopic (exact) mass is 322 g/mol. The number of hydrogen-bond donors (Lipinski definition) is 1. The van der Waals surface area contributed by atoms with Gasteiger partial charge in [-0.2, -0.15) is 0 Å². The van der Waals surface area contributed by atoms with Gasteiger partial charge in [-0.25, -0.2) is 4.98 Å². The van der Waals surface area contributed by atoms with Gasteiger partial charge in [-0.15, -0.1) is 0 Å². The van der Waals surface area contributed by atoms with Crippen LogP contribution in [0.15, 0.2) is 57.0 Å². The molecule has 0 saturated heterocycles. The van der Waals surface area contributed by atoms with Crippen LogP contribution in [0.4, 0.5) is 0 Å². The standard InChI is InChI=1S/C14H15BrN2S/c1-10(16)7-11-5-6-14(17-9-11)18-13-4-2-3-12(15)8-13/h2-6,8-10H,7,16H2,1H3. The van der Waals surface area contributed by atoms with E-state index in [1.807, 2.05) is 31.3 Å². The van der Waals surface area contributed by atoms with Crippen molar-refractivity contribution in [3.8, 4) is 0 Å². The number of benzene rings is 1. The maximum absolute atomic E-state index is 5.76. The predicted molar refractivity (Wildman–Crippen MR) is 79.9 cm³/mol. The van der Waals surface area contributed by atoms with Crippen molar-refractivity contribution in [2.24, 2.45) is 5.73 Å². The quantitative estimate of drug-likeness (QED) is 0.928. The van der Waals surface area contributed by atoms with Gasteiger partial charge in [0.1, 0.15) is 5.03 Å². The van der Waals surface area contributed by atoms with Gasteiger partial charge in [-0.05, 0) is 43.2 Å². The van der Waals surface area contributed by atoms with E-state index < -0.39 is 0 Å². The van der Waals surface area contributed by atoms with Crippen LogP contribution in [0.25, 0.3) is 0 Å². The smallest absolute Gasteiger partial charge is 0.101 e. The van der Waals surface area contributed by atoms with Gasteiger partial charge >= 0.3 is 0 Å². The van der Waals surface area contributed by atoms with Crippen molar-refractivity contribution in [2.75, 3.05) is 0 Å². The van der Waals surface area contributed by atoms with Gasteiger partial charge in [0, 0.05) is 21.6 Å². The molecular formula is C14H15BrN2S. The van der Waals surface area contributed by atoms with Crippen molar-refractivity contribution < 1.29 is 0 Å². The molecule has 0 aliphatic carbocycles. The zero-order chi connectivity index (χ0) is 13.0. The molecule has 2 nitrogen and oxygen atoms in total. The highest BCUT2D eigenvalue weighted by atomic mass is 79.9. The van der Waals surface area contributed by atoms with Gasteiger partial charge in [0.25, 0.3) is 0 Å². The number of nitrogens with two attached hydrogens (primary N) is 1. The topological polar surface area (TPSA) is 38.9 Å². The van der Waals surface area contributed by atoms with Crippen LogP contribution in [0.3, 0.4) is 0 Å². The van der Waals surface area contributed by atoms with Crippen molar-refractivity contribution in [1.29, 1.82) is 0 Å². The lowest BCUT2D eigenvalue weighted by Gasteiger charge is -2.06. The Kier molecular flexibility index (Phi) is 4.80. The lowest BCUT2D eigenvalue weighted by molar-refractivity contribution is 0.734. The molecule has 0 aliphatic rings. The van der Waals surface area contributed by atoms with Crippen LogP contribution in [-0.4, -0.2) is 11.0 Å². The zero-order valence-corrected chi connectivity index (χ0v) is 12.5. The van der Waals surface area contributed by atoms with Crippen molar-refractivity contribution >= 4 is 27.7 Å². The summed E-state index contributed by atoms with van der Waals surface area (Å²) in [7, 11) is 0. The van der Waals surface area contributed by atoms with Crippen molar-refractivity contribution in [3.05, 3.63) is 52.6 Å². The van der Waals surface area contributed by atoms with E-state index in [0.29, 0.717) is 0 Å². The fourth-order valence-electron chi connectivity index (χ4n) is 1.62. The Morgan fingerprint density at radius 3 is 2.78 bits per heavy atom. The lowest BCUT2D eigenvalue weighted by Crippen LogP contribution is -2.17. The predicted octanol–water partition coefficient (Wildman–Crippen LogP) is 3.89. The van der Waals surface area contributed by atoms with E-state index in [4.69, 9.17) is 5.73 Å². The molecule has 0 saturated carbocycles. The molecule has 2 aromatic rings. The Balaban J connectivity index is 2.06. The Morgan fingerprint density at radius 1 is 1.33 bits per heavy atom. The van der Waals surface area contributed by atoms with Gasteiger partial charge < -0.3 is 5.73 Å². The van der Waals surface area contributed by atoms with Gasteiger partial charge in [-0.3, -0.25) is 0 Å². The third-order valence-electron chi connectivity index (χ3n) is 2.37. The molecule has 1 aromatic carbocycles. The number of pyridine rings is 1. The summed E-state index contributed by atoms with van der Waals surface area (Å²) in [6, 6.07) is 12.5. The molecule has 0 radical (unpaired) electrons. The van der Waals surface area contributed by atoms with Gasteiger partial charge in [0.15, 0.2) is 0 Å². The van der Waals surface area contributed by atoms with Crippen molar-refractivity contribution in [3.63, 3.8) is 0 Å². The Morgan fingerprint density at radius 2 is 2.17 bits per heavy atom. The summed E-state index contributed by atoms with van der Waals surface area (Å²) in [4.78, 5) is 5.63. The molecule has 0 amide bonds. The summed E-state index contributed by atoms with van der Waals surface area (Å²) in [5.41, 5.74) is 6.95. The van der Waals surface area contributed by atoms with Crippen LogP contribution in [0.2, 0.25) is 0 Å². The second kappa shape index (κ2) is 6.36. The number of nitrogens with zero attached hydrogens (tertiary/aromatic N) is 1. The zero-order valence-electron chi connectivity index (χ0n) is 10.1. The van der Waals surface area contributed by atoms with Crippen LogP contribution >= 0.6 is 27.7 Å². The van der Waals surface area contributed by atoms with E-state index in [2.05, 4.69) is 39.1 Å². The molecule has 1 aromatic heterocycles. The van der Waals surface area contributed by atoms with Crippen LogP contribution < -0.4 is 5.73 Å². The molecule has 1 atom stereocenters. The highest BCUT2D eigenvalue weighted by Crippen LogP contribution is 2.27. The first kappa shape index (κ1) is 13.6. The van der Waals surface area contributed by atoms with Crippen molar-refractivity contribution in [2.45, 2.75) is 29.3 Å². The van der Waals surface area contributed by atoms with Crippen LogP contribution in [0.5, 0.6) is 0 Å². The molecule has 0 aliphatic heterocycles. The lowest BCUT2D eigenvalue weighted by atomic mass is 10.1. The molecule has 18 heavy (non-hydrogen) atoms. The molecule has 4 heteroatoms. The molecule has 1 unspecified atom stereocenters. The summed E-state index contributed by atoms with van der Waals surface area (Å²) in [6.07, 6.45) is 2.78. The summed E-state index contributed by atoms with van der Waals surface area (Å²) in [5, 5.41) is 1.00. The number of rotatable bonds is 4. The first-order valence-corrected chi connectivity index (χ1v) is 7.38. The van der Waals surface area contributed by atoms with E-state index in [1.54, 1.807) is 11.8 Å². The minimum absolute atomic E-state index is 0.176. The fraction of sp³-hybridized carbons (Fsp3) is 0.214. The third-order valence-corrected chi connectivity index (χ3v) is 3.81. The average molecular weight is 323 g/mol. The van der Waals surface area contributed by atoms with Crippen LogP contribution in [0.1, 0.15) is 12.5 Å². The van der Waals surface area contributed by atoms with Crippen LogP contribution in [0, 0.1) is 0 Å². The van der Waals surface area contributed by atoms with Gasteiger partial charge in [0.05, 0.1) is 0 Å². The maximum Gasteiger partial charge on any atom is 0.101 e. The normalized spacial score (nSPS) is 12.4. The molecule has 0 fully saturated rings. The molecular weight excluding hydrogens is 308 g/mol. The molecule has 1 heterocycles. The average Bonchev–Trinajstić information content (AvgIpc) is 2.31. The fourth-order valence-corrected chi connectivity index (χ4v) is 2.98. The van der Waals surface area contributed by atoms with Crippen LogP contribution in [-0.2, 0) is 6.42 Å². The second-order valence-corrected chi connectivity index (χ2v) is 6.26. The third kappa shape index (κ3) is 4.12. The largest absolute Gasteiger partial charge is 0.328 e. The highest BCUT2D eigenvalue weighted by molar-refractivity contribution is 9.10. The minimum Gasteiger partial charge on any atom is -0.328 e. The van der Waals surface area contributed by atoms with E-state index in [0.717, 1.165) is 15.9 Å². The molecule has 0 bridgehead atoms. The highest BCUT2D eigenvalue weighted by Gasteiger charge is 2.02. The number of aromatic nitrogens is 1. The van der Waals surface area contributed by atoms with Gasteiger partial charge in [-0.1, -0.05) is 39.8 Å². The summed E-state index contributed by atoms with van der Waals surface area (Å²) >= 11 is 5.12. The minimum atomic E-state index is 0.176. The van der Waals surface area contributed by atoms with E-state index in [9.17, 15) is 0 Å². The SMILES string of the molecule is CC(N)Cc1ccc(Sc2cccc(Br)c2)nc1. The number of halogens is 1. The first-order chi connectivity index (χ1) is 8.63. The maximum atomic E-state index is 5.76.